The molecule has 1 fully saturated rings. The van der Waals surface area contributed by atoms with Gasteiger partial charge in [-0.1, -0.05) is 6.07 Å². The SMILES string of the molecule is CCOC(=O)C(OC[C@H]1C[C@@H](n2cnc3cccc(Br)c3c2=O)[C@H](OC(C)(C)O)C1)P(=O)(OCC)OCC. The average molecular weight is 619 g/mol. The minimum atomic E-state index is -3.97. The van der Waals surface area contributed by atoms with E-state index in [-0.39, 0.29) is 37.9 Å². The monoisotopic (exact) mass is 618 g/mol. The summed E-state index contributed by atoms with van der Waals surface area (Å²) in [4.78, 5) is 30.6. The van der Waals surface area contributed by atoms with E-state index in [0.717, 1.165) is 0 Å². The molecule has 0 amide bonds. The zero-order valence-electron chi connectivity index (χ0n) is 22.3. The molecule has 1 aromatic carbocycles. The number of carbonyl (C=O) groups is 1. The number of ether oxygens (including phenoxy) is 3. The van der Waals surface area contributed by atoms with Gasteiger partial charge >= 0.3 is 13.6 Å². The van der Waals surface area contributed by atoms with E-state index < -0.39 is 37.3 Å². The fraction of sp³-hybridized carbons (Fsp3) is 0.640. The zero-order chi connectivity index (χ0) is 28.1. The number of aliphatic hydroxyl groups is 1. The van der Waals surface area contributed by atoms with E-state index in [2.05, 4.69) is 20.9 Å². The van der Waals surface area contributed by atoms with Crippen molar-refractivity contribution in [3.63, 3.8) is 0 Å². The van der Waals surface area contributed by atoms with E-state index in [9.17, 15) is 19.3 Å². The lowest BCUT2D eigenvalue weighted by Gasteiger charge is -2.28. The topological polar surface area (TPSA) is 135 Å². The third kappa shape index (κ3) is 7.29. The normalized spacial score (nSPS) is 21.1. The second-order valence-electron chi connectivity index (χ2n) is 9.41. The number of hydrogen-bond donors (Lipinski definition) is 1. The molecule has 0 aliphatic heterocycles. The lowest BCUT2D eigenvalue weighted by Crippen LogP contribution is -2.36. The largest absolute Gasteiger partial charge is 0.464 e. The van der Waals surface area contributed by atoms with Gasteiger partial charge in [-0.05, 0) is 81.4 Å². The van der Waals surface area contributed by atoms with Crippen LogP contribution < -0.4 is 5.56 Å². The Kier molecular flexibility index (Phi) is 10.7. The first-order chi connectivity index (χ1) is 17.9. The molecule has 1 saturated carbocycles. The van der Waals surface area contributed by atoms with E-state index in [0.29, 0.717) is 28.2 Å². The number of halogens is 1. The van der Waals surface area contributed by atoms with E-state index in [1.165, 1.54) is 24.7 Å². The number of rotatable bonds is 13. The maximum absolute atomic E-state index is 13.5. The Hall–Kier alpha value is -1.66. The standard InChI is InChI=1S/C25H36BrN2O9P/c1-6-33-23(30)24(38(32,35-7-2)36-8-3)34-14-16-12-19(20(13-16)37-25(4,5)31)28-15-27-18-11-9-10-17(26)21(18)22(28)29/h9-11,15-16,19-20,24,31H,6-8,12-14H2,1-5H3/t16-,19+,20+,24?/m0/s1. The van der Waals surface area contributed by atoms with Crippen LogP contribution in [-0.2, 0) is 32.6 Å². The third-order valence-corrected chi connectivity index (χ3v) is 8.84. The Morgan fingerprint density at radius 3 is 2.50 bits per heavy atom. The first kappa shape index (κ1) is 30.9. The fourth-order valence-electron chi connectivity index (χ4n) is 4.64. The second kappa shape index (κ2) is 13.1. The van der Waals surface area contributed by atoms with Crippen molar-refractivity contribution in [2.45, 2.75) is 71.2 Å². The van der Waals surface area contributed by atoms with Crippen molar-refractivity contribution in [2.24, 2.45) is 5.92 Å². The highest BCUT2D eigenvalue weighted by Crippen LogP contribution is 2.54. The molecule has 11 nitrogen and oxygen atoms in total. The van der Waals surface area contributed by atoms with Gasteiger partial charge in [0.1, 0.15) is 0 Å². The number of aromatic nitrogens is 2. The van der Waals surface area contributed by atoms with Gasteiger partial charge in [0.05, 0.1) is 55.8 Å². The van der Waals surface area contributed by atoms with Crippen molar-refractivity contribution in [3.8, 4) is 0 Å². The average Bonchev–Trinajstić information content (AvgIpc) is 3.20. The van der Waals surface area contributed by atoms with E-state index in [4.69, 9.17) is 23.3 Å². The molecule has 13 heteroatoms. The van der Waals surface area contributed by atoms with Crippen molar-refractivity contribution in [1.29, 1.82) is 0 Å². The van der Waals surface area contributed by atoms with Crippen LogP contribution in [0, 0.1) is 5.92 Å². The summed E-state index contributed by atoms with van der Waals surface area (Å²) in [5, 5.41) is 10.8. The van der Waals surface area contributed by atoms with Crippen molar-refractivity contribution >= 4 is 40.4 Å². The molecule has 1 aromatic heterocycles. The Bertz CT molecular complexity index is 1210. The number of nitrogens with zero attached hydrogens (tertiary/aromatic N) is 2. The summed E-state index contributed by atoms with van der Waals surface area (Å²) < 4.78 is 43.1. The summed E-state index contributed by atoms with van der Waals surface area (Å²) in [5.74, 6) is -4.07. The van der Waals surface area contributed by atoms with Crippen LogP contribution in [0.4, 0.5) is 0 Å². The first-order valence-corrected chi connectivity index (χ1v) is 15.1. The lowest BCUT2D eigenvalue weighted by atomic mass is 10.1. The van der Waals surface area contributed by atoms with Gasteiger partial charge in [-0.3, -0.25) is 13.9 Å². The number of esters is 1. The third-order valence-electron chi connectivity index (χ3n) is 6.01. The predicted molar refractivity (Wildman–Crippen MR) is 144 cm³/mol. The van der Waals surface area contributed by atoms with Crippen LogP contribution in [0.5, 0.6) is 0 Å². The summed E-state index contributed by atoms with van der Waals surface area (Å²) in [5.41, 5.74) is 0.304. The van der Waals surface area contributed by atoms with Crippen molar-refractivity contribution in [1.82, 2.24) is 9.55 Å². The molecule has 1 N–H and O–H groups in total. The molecule has 1 aliphatic rings. The minimum absolute atomic E-state index is 0.00467. The van der Waals surface area contributed by atoms with Gasteiger partial charge in [0.15, 0.2) is 5.79 Å². The van der Waals surface area contributed by atoms with Gasteiger partial charge in [0.25, 0.3) is 11.4 Å². The summed E-state index contributed by atoms with van der Waals surface area (Å²) in [6.07, 6.45) is 1.74. The van der Waals surface area contributed by atoms with Crippen LogP contribution >= 0.6 is 23.5 Å². The fourth-order valence-corrected chi connectivity index (χ4v) is 6.83. The Morgan fingerprint density at radius 2 is 1.89 bits per heavy atom. The maximum Gasteiger partial charge on any atom is 0.370 e. The quantitative estimate of drug-likeness (QED) is 0.195. The number of benzene rings is 1. The lowest BCUT2D eigenvalue weighted by molar-refractivity contribution is -0.211. The van der Waals surface area contributed by atoms with Crippen molar-refractivity contribution in [3.05, 3.63) is 39.4 Å². The molecule has 1 unspecified atom stereocenters. The summed E-state index contributed by atoms with van der Waals surface area (Å²) in [7, 11) is -3.97. The zero-order valence-corrected chi connectivity index (χ0v) is 24.8. The molecule has 4 atom stereocenters. The molecule has 0 radical (unpaired) electrons. The van der Waals surface area contributed by atoms with Crippen LogP contribution in [0.2, 0.25) is 0 Å². The Balaban J connectivity index is 1.89. The molecule has 0 saturated heterocycles. The van der Waals surface area contributed by atoms with Gasteiger partial charge < -0.3 is 28.4 Å². The van der Waals surface area contributed by atoms with Crippen LogP contribution in [0.1, 0.15) is 53.5 Å². The molecule has 38 heavy (non-hydrogen) atoms. The minimum Gasteiger partial charge on any atom is -0.464 e. The van der Waals surface area contributed by atoms with Crippen LogP contribution in [0.25, 0.3) is 10.9 Å². The molecule has 3 rings (SSSR count). The van der Waals surface area contributed by atoms with E-state index in [1.807, 2.05) is 0 Å². The van der Waals surface area contributed by atoms with Gasteiger partial charge in [0, 0.05) is 4.47 Å². The van der Waals surface area contributed by atoms with Crippen LogP contribution in [0.3, 0.4) is 0 Å². The highest BCUT2D eigenvalue weighted by atomic mass is 79.9. The summed E-state index contributed by atoms with van der Waals surface area (Å²) in [6.45, 7) is 8.12. The number of hydrogen-bond acceptors (Lipinski definition) is 10. The Morgan fingerprint density at radius 1 is 1.21 bits per heavy atom. The van der Waals surface area contributed by atoms with Crippen LogP contribution in [-0.4, -0.2) is 64.8 Å². The maximum atomic E-state index is 13.5. The number of carbonyl (C=O) groups excluding carboxylic acids is 1. The van der Waals surface area contributed by atoms with Crippen LogP contribution in [0.15, 0.2) is 33.8 Å². The van der Waals surface area contributed by atoms with Crippen molar-refractivity contribution in [2.75, 3.05) is 26.4 Å². The molecular weight excluding hydrogens is 583 g/mol. The van der Waals surface area contributed by atoms with E-state index >= 15 is 0 Å². The first-order valence-electron chi connectivity index (χ1n) is 12.7. The predicted octanol–water partition coefficient (Wildman–Crippen LogP) is 4.40. The summed E-state index contributed by atoms with van der Waals surface area (Å²) in [6, 6.07) is 4.86. The Labute approximate surface area is 230 Å². The molecule has 212 valence electrons. The summed E-state index contributed by atoms with van der Waals surface area (Å²) >= 11 is 3.44. The molecule has 2 aromatic rings. The smallest absolute Gasteiger partial charge is 0.370 e. The molecule has 1 aliphatic carbocycles. The molecular formula is C25H36BrN2O9P. The van der Waals surface area contributed by atoms with E-state index in [1.54, 1.807) is 39.0 Å². The molecule has 0 spiro atoms. The van der Waals surface area contributed by atoms with Gasteiger partial charge in [-0.2, -0.15) is 0 Å². The van der Waals surface area contributed by atoms with Crippen molar-refractivity contribution < 1.29 is 37.7 Å². The van der Waals surface area contributed by atoms with Gasteiger partial charge in [-0.15, -0.1) is 0 Å². The van der Waals surface area contributed by atoms with Gasteiger partial charge in [0.2, 0.25) is 0 Å². The number of fused-ring (bicyclic) bond motifs is 1. The highest BCUT2D eigenvalue weighted by Gasteiger charge is 2.46. The molecule has 1 heterocycles. The highest BCUT2D eigenvalue weighted by molar-refractivity contribution is 9.10. The van der Waals surface area contributed by atoms with Gasteiger partial charge in [-0.25, -0.2) is 9.78 Å². The second-order valence-corrected chi connectivity index (χ2v) is 12.3. The molecule has 0 bridgehead atoms.